The molecule has 0 unspecified atom stereocenters. The molecule has 3 aromatic rings. The van der Waals surface area contributed by atoms with Crippen LogP contribution in [-0.2, 0) is 16.2 Å². The number of aromatic nitrogens is 2. The maximum Gasteiger partial charge on any atom is 0.416 e. The molecule has 0 spiro atoms. The van der Waals surface area contributed by atoms with E-state index in [1.165, 1.54) is 4.31 Å². The number of sulfonamides is 1. The second-order valence-corrected chi connectivity index (χ2v) is 8.82. The first-order valence-corrected chi connectivity index (χ1v) is 10.3. The fraction of sp³-hybridized carbons (Fsp3) is 0.278. The van der Waals surface area contributed by atoms with Crippen molar-refractivity contribution in [1.29, 1.82) is 0 Å². The van der Waals surface area contributed by atoms with E-state index in [0.717, 1.165) is 17.6 Å². The summed E-state index contributed by atoms with van der Waals surface area (Å²) in [5.74, 6) is 0.463. The van der Waals surface area contributed by atoms with Gasteiger partial charge in [0.05, 0.1) is 27.7 Å². The molecule has 0 saturated carbocycles. The lowest BCUT2D eigenvalue weighted by Gasteiger charge is -2.23. The molecule has 5 nitrogen and oxygen atoms in total. The molecule has 0 bridgehead atoms. The third kappa shape index (κ3) is 3.27. The predicted octanol–water partition coefficient (Wildman–Crippen LogP) is 4.76. The zero-order valence-electron chi connectivity index (χ0n) is 14.4. The van der Waals surface area contributed by atoms with Crippen molar-refractivity contribution >= 4 is 32.7 Å². The zero-order valence-corrected chi connectivity index (χ0v) is 15.9. The number of nitrogens with one attached hydrogen (secondary N) is 1. The van der Waals surface area contributed by atoms with Gasteiger partial charge in [-0.15, -0.1) is 0 Å². The largest absolute Gasteiger partial charge is 0.416 e. The number of halogens is 4. The molecular weight excluding hydrogens is 415 g/mol. The Labute approximate surface area is 164 Å². The van der Waals surface area contributed by atoms with Gasteiger partial charge in [-0.05, 0) is 43.2 Å². The Morgan fingerprint density at radius 1 is 1.18 bits per heavy atom. The zero-order chi connectivity index (χ0) is 20.1. The van der Waals surface area contributed by atoms with Crippen LogP contribution in [0, 0.1) is 0 Å². The summed E-state index contributed by atoms with van der Waals surface area (Å²) in [6, 6.07) is 8.99. The fourth-order valence-electron chi connectivity index (χ4n) is 3.44. The molecule has 1 aliphatic rings. The van der Waals surface area contributed by atoms with Gasteiger partial charge in [0.15, 0.2) is 0 Å². The number of hydrogen-bond donors (Lipinski definition) is 1. The Hall–Kier alpha value is -2.10. The van der Waals surface area contributed by atoms with Crippen LogP contribution in [0.25, 0.3) is 11.0 Å². The van der Waals surface area contributed by atoms with Gasteiger partial charge >= 0.3 is 6.18 Å². The Morgan fingerprint density at radius 3 is 2.64 bits per heavy atom. The molecule has 1 aliphatic heterocycles. The van der Waals surface area contributed by atoms with Gasteiger partial charge < -0.3 is 4.98 Å². The van der Waals surface area contributed by atoms with E-state index in [0.29, 0.717) is 30.2 Å². The molecule has 10 heteroatoms. The van der Waals surface area contributed by atoms with Gasteiger partial charge in [0.25, 0.3) is 0 Å². The van der Waals surface area contributed by atoms with E-state index in [1.54, 1.807) is 6.07 Å². The summed E-state index contributed by atoms with van der Waals surface area (Å²) in [7, 11) is -4.25. The third-order valence-electron chi connectivity index (χ3n) is 4.77. The second-order valence-electron chi connectivity index (χ2n) is 6.56. The monoisotopic (exact) mass is 429 g/mol. The van der Waals surface area contributed by atoms with Crippen LogP contribution >= 0.6 is 11.6 Å². The van der Waals surface area contributed by atoms with E-state index in [4.69, 9.17) is 11.6 Å². The summed E-state index contributed by atoms with van der Waals surface area (Å²) >= 11 is 5.97. The molecule has 1 saturated heterocycles. The quantitative estimate of drug-likeness (QED) is 0.652. The second kappa shape index (κ2) is 6.75. The standard InChI is InChI=1S/C18H15ClF3N3O2S/c19-12-8-7-11(18(20,21)22)10-16(12)28(26,27)25-9-3-6-15(25)17-23-13-4-1-2-5-14(13)24-17/h1-2,4-5,7-8,10,15H,3,6,9H2,(H,23,24)/t15-/m0/s1. The number of hydrogen-bond acceptors (Lipinski definition) is 3. The molecular formula is C18H15ClF3N3O2S. The normalized spacial score (nSPS) is 18.8. The molecule has 148 valence electrons. The van der Waals surface area contributed by atoms with E-state index >= 15 is 0 Å². The molecule has 1 aromatic heterocycles. The first kappa shape index (κ1) is 19.2. The van der Waals surface area contributed by atoms with Crippen molar-refractivity contribution in [3.05, 3.63) is 58.9 Å². The molecule has 2 aromatic carbocycles. The van der Waals surface area contributed by atoms with Gasteiger partial charge in [0.1, 0.15) is 10.7 Å². The molecule has 4 rings (SSSR count). The Bertz CT molecular complexity index is 1110. The van der Waals surface area contributed by atoms with Crippen molar-refractivity contribution in [3.8, 4) is 0 Å². The number of alkyl halides is 3. The highest BCUT2D eigenvalue weighted by molar-refractivity contribution is 7.89. The summed E-state index contributed by atoms with van der Waals surface area (Å²) in [4.78, 5) is 7.02. The van der Waals surface area contributed by atoms with Gasteiger partial charge in [-0.3, -0.25) is 0 Å². The van der Waals surface area contributed by atoms with E-state index in [1.807, 2.05) is 18.2 Å². The molecule has 0 aliphatic carbocycles. The van der Waals surface area contributed by atoms with E-state index in [2.05, 4.69) is 9.97 Å². The van der Waals surface area contributed by atoms with E-state index in [9.17, 15) is 21.6 Å². The fourth-order valence-corrected chi connectivity index (χ4v) is 5.60. The van der Waals surface area contributed by atoms with E-state index in [-0.39, 0.29) is 11.6 Å². The van der Waals surface area contributed by atoms with Crippen LogP contribution in [0.1, 0.15) is 30.3 Å². The number of H-pyrrole nitrogens is 1. The smallest absolute Gasteiger partial charge is 0.341 e. The summed E-state index contributed by atoms with van der Waals surface area (Å²) in [5.41, 5.74) is 0.396. The first-order valence-electron chi connectivity index (χ1n) is 8.51. The number of para-hydroxylation sites is 2. The summed E-state index contributed by atoms with van der Waals surface area (Å²) < 4.78 is 66.7. The predicted molar refractivity (Wildman–Crippen MR) is 98.4 cm³/mol. The molecule has 0 radical (unpaired) electrons. The lowest BCUT2D eigenvalue weighted by atomic mass is 10.2. The van der Waals surface area contributed by atoms with Crippen LogP contribution in [0.5, 0.6) is 0 Å². The van der Waals surface area contributed by atoms with Gasteiger partial charge in [-0.2, -0.15) is 17.5 Å². The number of nitrogens with zero attached hydrogens (tertiary/aromatic N) is 2. The van der Waals surface area contributed by atoms with Crippen LogP contribution in [-0.4, -0.2) is 29.2 Å². The van der Waals surface area contributed by atoms with Crippen molar-refractivity contribution in [2.24, 2.45) is 0 Å². The Balaban J connectivity index is 1.76. The minimum Gasteiger partial charge on any atom is -0.341 e. The van der Waals surface area contributed by atoms with Crippen LogP contribution in [0.15, 0.2) is 47.4 Å². The number of aromatic amines is 1. The van der Waals surface area contributed by atoms with Gasteiger partial charge in [0.2, 0.25) is 10.0 Å². The maximum absolute atomic E-state index is 13.2. The number of fused-ring (bicyclic) bond motifs is 1. The molecule has 0 amide bonds. The number of imidazole rings is 1. The Kier molecular flexibility index (Phi) is 4.64. The topological polar surface area (TPSA) is 66.1 Å². The van der Waals surface area contributed by atoms with Crippen molar-refractivity contribution < 1.29 is 21.6 Å². The van der Waals surface area contributed by atoms with Crippen molar-refractivity contribution in [2.75, 3.05) is 6.54 Å². The maximum atomic E-state index is 13.2. The van der Waals surface area contributed by atoms with Crippen molar-refractivity contribution in [1.82, 2.24) is 14.3 Å². The highest BCUT2D eigenvalue weighted by atomic mass is 35.5. The summed E-state index contributed by atoms with van der Waals surface area (Å²) in [5, 5.41) is -0.247. The van der Waals surface area contributed by atoms with Gasteiger partial charge in [-0.25, -0.2) is 13.4 Å². The lowest BCUT2D eigenvalue weighted by Crippen LogP contribution is -2.31. The minimum absolute atomic E-state index is 0.177. The lowest BCUT2D eigenvalue weighted by molar-refractivity contribution is -0.137. The molecule has 2 heterocycles. The highest BCUT2D eigenvalue weighted by Crippen LogP contribution is 2.39. The SMILES string of the molecule is O=S(=O)(c1cc(C(F)(F)F)ccc1Cl)N1CCC[C@H]1c1nc2ccccc2[nH]1. The van der Waals surface area contributed by atoms with Crippen LogP contribution in [0.3, 0.4) is 0 Å². The molecule has 1 atom stereocenters. The van der Waals surface area contributed by atoms with Gasteiger partial charge in [0, 0.05) is 6.54 Å². The molecule has 1 fully saturated rings. The van der Waals surface area contributed by atoms with Crippen molar-refractivity contribution in [2.45, 2.75) is 30.0 Å². The summed E-state index contributed by atoms with van der Waals surface area (Å²) in [6.45, 7) is 0.177. The molecule has 28 heavy (non-hydrogen) atoms. The number of benzene rings is 2. The van der Waals surface area contributed by atoms with Crippen LogP contribution in [0.4, 0.5) is 13.2 Å². The van der Waals surface area contributed by atoms with Crippen LogP contribution < -0.4 is 0 Å². The third-order valence-corrected chi connectivity index (χ3v) is 7.16. The first-order chi connectivity index (χ1) is 13.2. The average molecular weight is 430 g/mol. The Morgan fingerprint density at radius 2 is 1.93 bits per heavy atom. The highest BCUT2D eigenvalue weighted by Gasteiger charge is 2.40. The molecule has 1 N–H and O–H groups in total. The van der Waals surface area contributed by atoms with Gasteiger partial charge in [-0.1, -0.05) is 23.7 Å². The van der Waals surface area contributed by atoms with E-state index < -0.39 is 32.7 Å². The number of rotatable bonds is 3. The average Bonchev–Trinajstić information content (AvgIpc) is 3.27. The van der Waals surface area contributed by atoms with Crippen LogP contribution in [0.2, 0.25) is 5.02 Å². The van der Waals surface area contributed by atoms with Crippen molar-refractivity contribution in [3.63, 3.8) is 0 Å². The summed E-state index contributed by atoms with van der Waals surface area (Å²) in [6.07, 6.45) is -3.59. The minimum atomic E-state index is -4.67.